The number of rotatable bonds is 3. The van der Waals surface area contributed by atoms with E-state index in [9.17, 15) is 18.0 Å². The molecule has 0 bridgehead atoms. The maximum atomic E-state index is 12.1. The van der Waals surface area contributed by atoms with Crippen LogP contribution < -0.4 is 4.74 Å². The minimum Gasteiger partial charge on any atom is -0.465 e. The molecule has 1 aromatic carbocycles. The Labute approximate surface area is 102 Å². The second-order valence-electron chi connectivity index (χ2n) is 4.06. The number of halogens is 3. The van der Waals surface area contributed by atoms with Crippen molar-refractivity contribution in [2.45, 2.75) is 25.1 Å². The first-order valence-electron chi connectivity index (χ1n) is 5.38. The summed E-state index contributed by atoms with van der Waals surface area (Å²) < 4.78 is 44.6. The molecule has 3 nitrogen and oxygen atoms in total. The molecule has 0 aromatic heterocycles. The Bertz CT molecular complexity index is 464. The Kier molecular flexibility index (Phi) is 3.19. The van der Waals surface area contributed by atoms with Crippen molar-refractivity contribution in [3.63, 3.8) is 0 Å². The van der Waals surface area contributed by atoms with Crippen LogP contribution in [0.25, 0.3) is 0 Å². The molecule has 98 valence electrons. The second-order valence-corrected chi connectivity index (χ2v) is 4.06. The maximum Gasteiger partial charge on any atom is 0.573 e. The molecule has 18 heavy (non-hydrogen) atoms. The molecule has 1 saturated carbocycles. The lowest BCUT2D eigenvalue weighted by molar-refractivity contribution is -0.274. The van der Waals surface area contributed by atoms with E-state index in [2.05, 4.69) is 9.47 Å². The summed E-state index contributed by atoms with van der Waals surface area (Å²) in [5.74, 6) is -0.823. The molecule has 1 fully saturated rings. The molecule has 1 aromatic rings. The molecular formula is C12H11F3O3. The first kappa shape index (κ1) is 12.7. The van der Waals surface area contributed by atoms with Gasteiger partial charge in [0.2, 0.25) is 0 Å². The van der Waals surface area contributed by atoms with Gasteiger partial charge in [0.1, 0.15) is 5.75 Å². The highest BCUT2D eigenvalue weighted by molar-refractivity contribution is 5.92. The zero-order valence-corrected chi connectivity index (χ0v) is 9.58. The molecule has 1 aliphatic rings. The van der Waals surface area contributed by atoms with E-state index in [-0.39, 0.29) is 11.5 Å². The molecular weight excluding hydrogens is 249 g/mol. The SMILES string of the molecule is COC(=O)c1cc(OC(F)(F)F)ccc1C1CC1. The van der Waals surface area contributed by atoms with Gasteiger partial charge in [0.15, 0.2) is 0 Å². The van der Waals surface area contributed by atoms with E-state index in [1.54, 1.807) is 0 Å². The Morgan fingerprint density at radius 1 is 1.33 bits per heavy atom. The summed E-state index contributed by atoms with van der Waals surface area (Å²) in [7, 11) is 1.19. The summed E-state index contributed by atoms with van der Waals surface area (Å²) in [6, 6.07) is 3.78. The van der Waals surface area contributed by atoms with Crippen molar-refractivity contribution in [2.24, 2.45) is 0 Å². The normalized spacial score (nSPS) is 15.3. The molecule has 0 radical (unpaired) electrons. The average Bonchev–Trinajstić information content (AvgIpc) is 3.09. The summed E-state index contributed by atoms with van der Waals surface area (Å²) in [4.78, 5) is 11.5. The van der Waals surface area contributed by atoms with E-state index in [1.165, 1.54) is 19.2 Å². The molecule has 0 saturated heterocycles. The number of carbonyl (C=O) groups is 1. The quantitative estimate of drug-likeness (QED) is 0.782. The van der Waals surface area contributed by atoms with Crippen molar-refractivity contribution in [3.8, 4) is 5.75 Å². The highest BCUT2D eigenvalue weighted by Gasteiger charge is 2.33. The lowest BCUT2D eigenvalue weighted by Gasteiger charge is -2.12. The Morgan fingerprint density at radius 3 is 2.50 bits per heavy atom. The van der Waals surface area contributed by atoms with E-state index in [0.717, 1.165) is 24.5 Å². The monoisotopic (exact) mass is 260 g/mol. The number of hydrogen-bond donors (Lipinski definition) is 0. The Morgan fingerprint density at radius 2 is 2.00 bits per heavy atom. The van der Waals surface area contributed by atoms with E-state index in [0.29, 0.717) is 0 Å². The van der Waals surface area contributed by atoms with Crippen LogP contribution in [0.4, 0.5) is 13.2 Å². The van der Waals surface area contributed by atoms with Gasteiger partial charge in [-0.25, -0.2) is 4.79 Å². The van der Waals surface area contributed by atoms with Gasteiger partial charge in [-0.1, -0.05) is 6.07 Å². The Balaban J connectivity index is 2.32. The summed E-state index contributed by atoms with van der Waals surface area (Å²) in [5, 5.41) is 0. The van der Waals surface area contributed by atoms with Crippen LogP contribution in [0.3, 0.4) is 0 Å². The van der Waals surface area contributed by atoms with Crippen molar-refractivity contribution < 1.29 is 27.4 Å². The number of carbonyl (C=O) groups excluding carboxylic acids is 1. The minimum absolute atomic E-state index is 0.141. The van der Waals surface area contributed by atoms with E-state index in [1.807, 2.05) is 0 Å². The van der Waals surface area contributed by atoms with E-state index in [4.69, 9.17) is 0 Å². The van der Waals surface area contributed by atoms with Gasteiger partial charge in [-0.05, 0) is 36.5 Å². The van der Waals surface area contributed by atoms with Gasteiger partial charge in [-0.2, -0.15) is 0 Å². The highest BCUT2D eigenvalue weighted by Crippen LogP contribution is 2.42. The summed E-state index contributed by atoms with van der Waals surface area (Å²) in [6.45, 7) is 0. The zero-order chi connectivity index (χ0) is 13.3. The molecule has 1 aliphatic carbocycles. The van der Waals surface area contributed by atoms with Gasteiger partial charge in [0, 0.05) is 0 Å². The van der Waals surface area contributed by atoms with Crippen LogP contribution >= 0.6 is 0 Å². The third-order valence-corrected chi connectivity index (χ3v) is 2.68. The largest absolute Gasteiger partial charge is 0.573 e. The zero-order valence-electron chi connectivity index (χ0n) is 9.58. The lowest BCUT2D eigenvalue weighted by Crippen LogP contribution is -2.17. The van der Waals surface area contributed by atoms with Crippen molar-refractivity contribution >= 4 is 5.97 Å². The standard InChI is InChI=1S/C12H11F3O3/c1-17-11(16)10-6-8(18-12(13,14)15)4-5-9(10)7-2-3-7/h4-7H,2-3H2,1H3. The van der Waals surface area contributed by atoms with Crippen LogP contribution in [0.15, 0.2) is 18.2 Å². The number of esters is 1. The second kappa shape index (κ2) is 4.51. The van der Waals surface area contributed by atoms with Crippen molar-refractivity contribution in [3.05, 3.63) is 29.3 Å². The van der Waals surface area contributed by atoms with E-state index >= 15 is 0 Å². The van der Waals surface area contributed by atoms with Gasteiger partial charge < -0.3 is 9.47 Å². The van der Waals surface area contributed by atoms with Gasteiger partial charge >= 0.3 is 12.3 Å². The third kappa shape index (κ3) is 2.94. The van der Waals surface area contributed by atoms with Gasteiger partial charge in [0.25, 0.3) is 0 Å². The number of benzene rings is 1. The fraction of sp³-hybridized carbons (Fsp3) is 0.417. The predicted octanol–water partition coefficient (Wildman–Crippen LogP) is 3.25. The third-order valence-electron chi connectivity index (χ3n) is 2.68. The van der Waals surface area contributed by atoms with Gasteiger partial charge in [-0.15, -0.1) is 13.2 Å². The topological polar surface area (TPSA) is 35.5 Å². The van der Waals surface area contributed by atoms with Crippen molar-refractivity contribution in [2.75, 3.05) is 7.11 Å². The molecule has 0 unspecified atom stereocenters. The molecule has 6 heteroatoms. The van der Waals surface area contributed by atoms with Gasteiger partial charge in [0.05, 0.1) is 12.7 Å². The van der Waals surface area contributed by atoms with Crippen LogP contribution in [0.5, 0.6) is 5.75 Å². The van der Waals surface area contributed by atoms with Crippen LogP contribution in [-0.4, -0.2) is 19.4 Å². The molecule has 0 N–H and O–H groups in total. The molecule has 0 spiro atoms. The van der Waals surface area contributed by atoms with Crippen LogP contribution in [0, 0.1) is 0 Å². The number of ether oxygens (including phenoxy) is 2. The highest BCUT2D eigenvalue weighted by atomic mass is 19.4. The number of alkyl halides is 3. The van der Waals surface area contributed by atoms with Gasteiger partial charge in [-0.3, -0.25) is 0 Å². The molecule has 0 amide bonds. The summed E-state index contributed by atoms with van der Waals surface area (Å²) >= 11 is 0. The number of methoxy groups -OCH3 is 1. The summed E-state index contributed by atoms with van der Waals surface area (Å²) in [6.07, 6.45) is -2.90. The van der Waals surface area contributed by atoms with Crippen molar-refractivity contribution in [1.29, 1.82) is 0 Å². The molecule has 0 atom stereocenters. The lowest BCUT2D eigenvalue weighted by atomic mass is 10.0. The smallest absolute Gasteiger partial charge is 0.465 e. The maximum absolute atomic E-state index is 12.1. The summed E-state index contributed by atoms with van der Waals surface area (Å²) in [5.41, 5.74) is 0.859. The van der Waals surface area contributed by atoms with E-state index < -0.39 is 18.1 Å². The fourth-order valence-corrected chi connectivity index (χ4v) is 1.77. The average molecular weight is 260 g/mol. The first-order valence-corrected chi connectivity index (χ1v) is 5.38. The predicted molar refractivity (Wildman–Crippen MR) is 56.4 cm³/mol. The first-order chi connectivity index (χ1) is 8.40. The van der Waals surface area contributed by atoms with Crippen LogP contribution in [-0.2, 0) is 4.74 Å². The Hall–Kier alpha value is -1.72. The van der Waals surface area contributed by atoms with Crippen molar-refractivity contribution in [1.82, 2.24) is 0 Å². The molecule has 2 rings (SSSR count). The van der Waals surface area contributed by atoms with Crippen LogP contribution in [0.2, 0.25) is 0 Å². The molecule has 0 heterocycles. The fourth-order valence-electron chi connectivity index (χ4n) is 1.77. The molecule has 0 aliphatic heterocycles. The number of hydrogen-bond acceptors (Lipinski definition) is 3. The van der Waals surface area contributed by atoms with Crippen LogP contribution in [0.1, 0.15) is 34.7 Å². The minimum atomic E-state index is -4.77.